The van der Waals surface area contributed by atoms with E-state index in [0.29, 0.717) is 5.82 Å². The Hall–Kier alpha value is -1.03. The van der Waals surface area contributed by atoms with E-state index in [9.17, 15) is 0 Å². The van der Waals surface area contributed by atoms with Gasteiger partial charge in [0, 0.05) is 11.8 Å². The highest BCUT2D eigenvalue weighted by molar-refractivity contribution is 6.27. The third-order valence-corrected chi connectivity index (χ3v) is 1.48. The average molecular weight is 156 g/mol. The Morgan fingerprint density at radius 1 is 1.60 bits per heavy atom. The molecule has 1 aliphatic rings. The number of anilines is 2. The van der Waals surface area contributed by atoms with Crippen LogP contribution in [-0.2, 0) is 0 Å². The molecule has 1 aliphatic heterocycles. The normalized spacial score (nSPS) is 14.7. The second-order valence-electron chi connectivity index (χ2n) is 1.84. The van der Waals surface area contributed by atoms with Gasteiger partial charge in [-0.2, -0.15) is 0 Å². The number of hydrogen-bond acceptors (Lipinski definition) is 4. The van der Waals surface area contributed by atoms with E-state index in [-0.39, 0.29) is 0 Å². The Morgan fingerprint density at radius 2 is 2.50 bits per heavy atom. The van der Waals surface area contributed by atoms with Crippen molar-refractivity contribution >= 4 is 23.3 Å². The van der Waals surface area contributed by atoms with Gasteiger partial charge in [0.1, 0.15) is 6.33 Å². The lowest BCUT2D eigenvalue weighted by Crippen LogP contribution is -2.02. The maximum atomic E-state index is 5.67. The Kier molecular flexibility index (Phi) is 1.14. The van der Waals surface area contributed by atoms with Crippen LogP contribution in [0.3, 0.4) is 0 Å². The van der Waals surface area contributed by atoms with Gasteiger partial charge in [0.05, 0.1) is 11.9 Å². The highest BCUT2D eigenvalue weighted by Gasteiger charge is 2.17. The van der Waals surface area contributed by atoms with Gasteiger partial charge in [-0.15, -0.1) is 0 Å². The molecule has 5 heteroatoms. The van der Waals surface area contributed by atoms with Gasteiger partial charge in [0.2, 0.25) is 0 Å². The number of nitrogens with one attached hydrogen (secondary N) is 1. The minimum absolute atomic E-state index is 0.691. The lowest BCUT2D eigenvalue weighted by atomic mass is 10.5. The summed E-state index contributed by atoms with van der Waals surface area (Å²) in [7, 11) is 0. The van der Waals surface area contributed by atoms with Gasteiger partial charge in [0.15, 0.2) is 12.5 Å². The number of rotatable bonds is 0. The van der Waals surface area contributed by atoms with E-state index in [0.717, 1.165) is 5.69 Å². The van der Waals surface area contributed by atoms with Crippen LogP contribution < -0.4 is 9.74 Å². The van der Waals surface area contributed by atoms with Crippen molar-refractivity contribution in [1.82, 2.24) is 9.97 Å². The van der Waals surface area contributed by atoms with E-state index in [4.69, 9.17) is 11.8 Å². The van der Waals surface area contributed by atoms with E-state index >= 15 is 0 Å². The molecule has 1 aromatic rings. The number of nitrogens with zero attached hydrogens (tertiary/aromatic N) is 3. The van der Waals surface area contributed by atoms with Crippen LogP contribution >= 0.6 is 11.8 Å². The molecule has 0 aromatic carbocycles. The summed E-state index contributed by atoms with van der Waals surface area (Å²) in [6.07, 6.45) is 3.12. The number of halogens is 1. The average Bonchev–Trinajstić information content (AvgIpc) is 2.34. The molecular weight excluding hydrogens is 152 g/mol. The van der Waals surface area contributed by atoms with Gasteiger partial charge < -0.3 is 5.32 Å². The largest absolute Gasteiger partial charge is 0.357 e. The molecule has 0 amide bonds. The van der Waals surface area contributed by atoms with Crippen LogP contribution in [0.15, 0.2) is 12.5 Å². The molecule has 0 aliphatic carbocycles. The Balaban J connectivity index is 2.51. The topological polar surface area (TPSA) is 41.0 Å². The minimum Gasteiger partial charge on any atom is -0.357 e. The third-order valence-electron chi connectivity index (χ3n) is 1.23. The fraction of sp³-hybridized carbons (Fsp3) is 0. The monoisotopic (exact) mass is 155 g/mol. The lowest BCUT2D eigenvalue weighted by molar-refractivity contribution is 1.16. The summed E-state index contributed by atoms with van der Waals surface area (Å²) in [6, 6.07) is 0. The highest BCUT2D eigenvalue weighted by atomic mass is 35.5. The number of fused-ring (bicyclic) bond motifs is 1. The first-order valence-electron chi connectivity index (χ1n) is 2.73. The Labute approximate surface area is 63.0 Å². The second-order valence-corrected chi connectivity index (χ2v) is 2.21. The van der Waals surface area contributed by atoms with Crippen LogP contribution in [-0.4, -0.2) is 9.97 Å². The zero-order valence-corrected chi connectivity index (χ0v) is 5.71. The third kappa shape index (κ3) is 0.690. The minimum atomic E-state index is 0.691. The fourth-order valence-corrected chi connectivity index (χ4v) is 0.966. The Bertz CT molecular complexity index is 251. The molecule has 0 atom stereocenters. The first-order valence-corrected chi connectivity index (χ1v) is 3.06. The molecular formula is C5H4ClN4. The maximum absolute atomic E-state index is 5.67. The van der Waals surface area contributed by atoms with Crippen molar-refractivity contribution in [2.45, 2.75) is 0 Å². The van der Waals surface area contributed by atoms with Crippen molar-refractivity contribution in [3.63, 3.8) is 0 Å². The van der Waals surface area contributed by atoms with Gasteiger partial charge in [-0.25, -0.2) is 14.4 Å². The van der Waals surface area contributed by atoms with Gasteiger partial charge in [-0.3, -0.25) is 0 Å². The van der Waals surface area contributed by atoms with Crippen molar-refractivity contribution in [1.29, 1.82) is 0 Å². The summed E-state index contributed by atoms with van der Waals surface area (Å²) in [5, 5.41) is 2.89. The van der Waals surface area contributed by atoms with Crippen molar-refractivity contribution in [3.05, 3.63) is 19.2 Å². The van der Waals surface area contributed by atoms with E-state index < -0.39 is 0 Å². The molecule has 1 N–H and O–H groups in total. The molecule has 4 nitrogen and oxygen atoms in total. The number of aromatic nitrogens is 2. The van der Waals surface area contributed by atoms with Crippen molar-refractivity contribution < 1.29 is 0 Å². The smallest absolute Gasteiger partial charge is 0.171 e. The maximum Gasteiger partial charge on any atom is 0.171 e. The van der Waals surface area contributed by atoms with Gasteiger partial charge in [-0.1, -0.05) is 0 Å². The first-order chi connectivity index (χ1) is 4.88. The Morgan fingerprint density at radius 3 is 3.30 bits per heavy atom. The SMILES string of the molecule is ClN1[CH]Nc2cncnc21. The summed E-state index contributed by atoms with van der Waals surface area (Å²) in [5.41, 5.74) is 0.831. The summed E-state index contributed by atoms with van der Waals surface area (Å²) < 4.78 is 1.39. The fourth-order valence-electron chi connectivity index (χ4n) is 0.783. The molecule has 0 unspecified atom stereocenters. The van der Waals surface area contributed by atoms with Gasteiger partial charge >= 0.3 is 0 Å². The van der Waals surface area contributed by atoms with E-state index in [1.165, 1.54) is 10.7 Å². The van der Waals surface area contributed by atoms with Gasteiger partial charge in [-0.05, 0) is 0 Å². The van der Waals surface area contributed by atoms with Crippen LogP contribution in [0.25, 0.3) is 0 Å². The summed E-state index contributed by atoms with van der Waals surface area (Å²) in [4.78, 5) is 7.74. The molecule has 1 aromatic heterocycles. The van der Waals surface area contributed by atoms with Crippen LogP contribution in [0.2, 0.25) is 0 Å². The summed E-state index contributed by atoms with van der Waals surface area (Å²) in [5.74, 6) is 0.691. The summed E-state index contributed by atoms with van der Waals surface area (Å²) >= 11 is 5.67. The highest BCUT2D eigenvalue weighted by Crippen LogP contribution is 2.30. The molecule has 0 bridgehead atoms. The van der Waals surface area contributed by atoms with Crippen LogP contribution in [0.1, 0.15) is 0 Å². The standard InChI is InChI=1S/C5H4ClN4/c6-10-3-9-4-1-7-2-8-5(4)10/h1-3,9H. The predicted octanol–water partition coefficient (Wildman–Crippen LogP) is 0.982. The zero-order valence-electron chi connectivity index (χ0n) is 4.95. The molecule has 0 fully saturated rings. The quantitative estimate of drug-likeness (QED) is 0.567. The lowest BCUT2D eigenvalue weighted by Gasteiger charge is -2.00. The number of hydrogen-bond donors (Lipinski definition) is 1. The van der Waals surface area contributed by atoms with Crippen molar-refractivity contribution in [2.24, 2.45) is 0 Å². The first kappa shape index (κ1) is 5.73. The second kappa shape index (κ2) is 1.98. The van der Waals surface area contributed by atoms with E-state index in [1.54, 1.807) is 12.9 Å². The van der Waals surface area contributed by atoms with Crippen molar-refractivity contribution in [2.75, 3.05) is 9.74 Å². The van der Waals surface area contributed by atoms with Crippen LogP contribution in [0, 0.1) is 6.67 Å². The zero-order chi connectivity index (χ0) is 6.97. The van der Waals surface area contributed by atoms with E-state index in [2.05, 4.69) is 15.3 Å². The molecule has 0 spiro atoms. The molecule has 2 rings (SSSR count). The molecule has 10 heavy (non-hydrogen) atoms. The predicted molar refractivity (Wildman–Crippen MR) is 38.3 cm³/mol. The van der Waals surface area contributed by atoms with Gasteiger partial charge in [0.25, 0.3) is 0 Å². The molecule has 1 radical (unpaired) electrons. The molecule has 51 valence electrons. The van der Waals surface area contributed by atoms with E-state index in [1.807, 2.05) is 0 Å². The summed E-state index contributed by atoms with van der Waals surface area (Å²) in [6.45, 7) is 1.61. The molecule has 2 heterocycles. The van der Waals surface area contributed by atoms with Crippen LogP contribution in [0.5, 0.6) is 0 Å². The molecule has 0 saturated heterocycles. The molecule has 0 saturated carbocycles. The van der Waals surface area contributed by atoms with Crippen molar-refractivity contribution in [3.8, 4) is 0 Å². The van der Waals surface area contributed by atoms with Crippen LogP contribution in [0.4, 0.5) is 11.5 Å².